The predicted molar refractivity (Wildman–Crippen MR) is 153 cm³/mol. The highest BCUT2D eigenvalue weighted by Gasteiger charge is 2.32. The molecule has 1 aromatic heterocycles. The SMILES string of the molecule is CC(C)(C)c1cc(C(=O)CN2Cc3ccc(C4CC4)nc3C2=N)cc(N2CCOCC2)c1OCCCCC(=O)O. The van der Waals surface area contributed by atoms with E-state index in [4.69, 9.17) is 25.0 Å². The number of pyridine rings is 1. The van der Waals surface area contributed by atoms with Gasteiger partial charge in [-0.25, -0.2) is 4.98 Å². The number of nitrogens with zero attached hydrogens (tertiary/aromatic N) is 3. The molecule has 40 heavy (non-hydrogen) atoms. The quantitative estimate of drug-likeness (QED) is 0.305. The maximum absolute atomic E-state index is 13.8. The van der Waals surface area contributed by atoms with Gasteiger partial charge in [0.05, 0.1) is 32.1 Å². The minimum absolute atomic E-state index is 0.0482. The number of aliphatic carboxylic acids is 1. The van der Waals surface area contributed by atoms with E-state index in [2.05, 4.69) is 37.8 Å². The van der Waals surface area contributed by atoms with Crippen molar-refractivity contribution in [2.75, 3.05) is 44.4 Å². The summed E-state index contributed by atoms with van der Waals surface area (Å²) in [6.07, 6.45) is 3.61. The van der Waals surface area contributed by atoms with Gasteiger partial charge in [-0.2, -0.15) is 0 Å². The minimum Gasteiger partial charge on any atom is -0.491 e. The van der Waals surface area contributed by atoms with Crippen LogP contribution >= 0.6 is 0 Å². The lowest BCUT2D eigenvalue weighted by Gasteiger charge is -2.34. The molecule has 9 heteroatoms. The fourth-order valence-corrected chi connectivity index (χ4v) is 5.35. The zero-order valence-corrected chi connectivity index (χ0v) is 23.8. The summed E-state index contributed by atoms with van der Waals surface area (Å²) in [6.45, 7) is 9.91. The number of fused-ring (bicyclic) bond motifs is 1. The van der Waals surface area contributed by atoms with Gasteiger partial charge in [0.2, 0.25) is 0 Å². The highest BCUT2D eigenvalue weighted by Crippen LogP contribution is 2.42. The second-order valence-corrected chi connectivity index (χ2v) is 12.1. The number of hydrogen-bond acceptors (Lipinski definition) is 7. The standard InChI is InChI=1S/C31H40N4O5/c1-31(2,3)23-16-22(17-25(34-11-14-39-15-12-34)29(23)40-13-5-4-6-27(37)38)26(36)19-35-18-21-9-10-24(20-7-8-20)33-28(21)30(35)32/h9-10,16-17,20,32H,4-8,11-15,18-19H2,1-3H3,(H,37,38). The van der Waals surface area contributed by atoms with E-state index >= 15 is 0 Å². The third-order valence-electron chi connectivity index (χ3n) is 7.81. The first-order valence-corrected chi connectivity index (χ1v) is 14.3. The highest BCUT2D eigenvalue weighted by atomic mass is 16.5. The number of ketones is 1. The van der Waals surface area contributed by atoms with E-state index in [0.717, 1.165) is 41.1 Å². The molecule has 5 rings (SSSR count). The minimum atomic E-state index is -0.805. The fourth-order valence-electron chi connectivity index (χ4n) is 5.35. The maximum atomic E-state index is 13.8. The number of anilines is 1. The van der Waals surface area contributed by atoms with Gasteiger partial charge in [-0.05, 0) is 49.3 Å². The van der Waals surface area contributed by atoms with E-state index in [9.17, 15) is 9.59 Å². The molecule has 2 aromatic rings. The second-order valence-electron chi connectivity index (χ2n) is 12.1. The molecule has 3 aliphatic rings. The van der Waals surface area contributed by atoms with Crippen LogP contribution in [0.2, 0.25) is 0 Å². The summed E-state index contributed by atoms with van der Waals surface area (Å²) in [4.78, 5) is 33.5. The van der Waals surface area contributed by atoms with Crippen LogP contribution in [0.1, 0.15) is 91.7 Å². The second kappa shape index (κ2) is 11.6. The zero-order valence-electron chi connectivity index (χ0n) is 23.8. The average Bonchev–Trinajstić information content (AvgIpc) is 3.73. The maximum Gasteiger partial charge on any atom is 0.303 e. The van der Waals surface area contributed by atoms with Crippen molar-refractivity contribution in [3.63, 3.8) is 0 Å². The molecule has 2 fully saturated rings. The van der Waals surface area contributed by atoms with Gasteiger partial charge in [0.15, 0.2) is 5.78 Å². The van der Waals surface area contributed by atoms with Crippen molar-refractivity contribution >= 4 is 23.3 Å². The number of unbranched alkanes of at least 4 members (excludes halogenated alkanes) is 1. The van der Waals surface area contributed by atoms with Gasteiger partial charge in [0.1, 0.15) is 17.3 Å². The van der Waals surface area contributed by atoms with Gasteiger partial charge >= 0.3 is 5.97 Å². The van der Waals surface area contributed by atoms with Crippen molar-refractivity contribution in [2.45, 2.75) is 70.8 Å². The first-order valence-electron chi connectivity index (χ1n) is 14.3. The Kier molecular flexibility index (Phi) is 8.12. The van der Waals surface area contributed by atoms with E-state index in [1.54, 1.807) is 0 Å². The molecule has 214 valence electrons. The van der Waals surface area contributed by atoms with Crippen molar-refractivity contribution in [3.05, 3.63) is 52.3 Å². The number of carbonyl (C=O) groups is 2. The first-order chi connectivity index (χ1) is 19.1. The zero-order chi connectivity index (χ0) is 28.4. The van der Waals surface area contributed by atoms with E-state index in [-0.39, 0.29) is 24.2 Å². The lowest BCUT2D eigenvalue weighted by atomic mass is 9.84. The van der Waals surface area contributed by atoms with E-state index < -0.39 is 5.97 Å². The number of ether oxygens (including phenoxy) is 2. The van der Waals surface area contributed by atoms with Crippen molar-refractivity contribution in [3.8, 4) is 5.75 Å². The lowest BCUT2D eigenvalue weighted by molar-refractivity contribution is -0.137. The van der Waals surface area contributed by atoms with Gasteiger partial charge in [-0.15, -0.1) is 0 Å². The van der Waals surface area contributed by atoms with E-state index in [1.807, 2.05) is 17.0 Å². The van der Waals surface area contributed by atoms with Gasteiger partial charge in [0.25, 0.3) is 0 Å². The first kappa shape index (κ1) is 28.1. The Bertz CT molecular complexity index is 1290. The van der Waals surface area contributed by atoms with E-state index in [0.29, 0.717) is 75.3 Å². The van der Waals surface area contributed by atoms with Crippen molar-refractivity contribution in [1.29, 1.82) is 5.41 Å². The van der Waals surface area contributed by atoms with Gasteiger partial charge in [-0.3, -0.25) is 15.0 Å². The molecule has 0 amide bonds. The summed E-state index contributed by atoms with van der Waals surface area (Å²) in [5.41, 5.74) is 4.86. The third kappa shape index (κ3) is 6.30. The van der Waals surface area contributed by atoms with Gasteiger partial charge < -0.3 is 24.4 Å². The molecule has 1 aromatic carbocycles. The van der Waals surface area contributed by atoms with Crippen LogP contribution in [0.25, 0.3) is 0 Å². The van der Waals surface area contributed by atoms with Crippen molar-refractivity contribution in [2.24, 2.45) is 0 Å². The van der Waals surface area contributed by atoms with Gasteiger partial charge in [-0.1, -0.05) is 26.8 Å². The molecule has 0 spiro atoms. The van der Waals surface area contributed by atoms with Crippen LogP contribution in [0, 0.1) is 5.41 Å². The molecule has 0 unspecified atom stereocenters. The smallest absolute Gasteiger partial charge is 0.303 e. The molecule has 0 bridgehead atoms. The number of morpholine rings is 1. The van der Waals surface area contributed by atoms with Crippen LogP contribution < -0.4 is 9.64 Å². The lowest BCUT2D eigenvalue weighted by Crippen LogP contribution is -2.37. The van der Waals surface area contributed by atoms with Crippen LogP contribution in [0.4, 0.5) is 5.69 Å². The van der Waals surface area contributed by atoms with Crippen LogP contribution in [0.3, 0.4) is 0 Å². The third-order valence-corrected chi connectivity index (χ3v) is 7.81. The Labute approximate surface area is 236 Å². The topological polar surface area (TPSA) is 116 Å². The summed E-state index contributed by atoms with van der Waals surface area (Å²) >= 11 is 0. The number of carboxylic acids is 1. The number of amidine groups is 1. The molecule has 2 N–H and O–H groups in total. The van der Waals surface area contributed by atoms with Crippen LogP contribution in [-0.4, -0.2) is 72.0 Å². The summed E-state index contributed by atoms with van der Waals surface area (Å²) < 4.78 is 11.9. The number of benzene rings is 1. The molecular formula is C31H40N4O5. The number of hydrogen-bond donors (Lipinski definition) is 2. The summed E-state index contributed by atoms with van der Waals surface area (Å²) in [6, 6.07) is 7.99. The molecular weight excluding hydrogens is 508 g/mol. The van der Waals surface area contributed by atoms with Crippen LogP contribution in [0.15, 0.2) is 24.3 Å². The Morgan fingerprint density at radius 2 is 1.90 bits per heavy atom. The molecule has 1 aliphatic carbocycles. The highest BCUT2D eigenvalue weighted by molar-refractivity contribution is 6.05. The molecule has 0 radical (unpaired) electrons. The Hall–Kier alpha value is -3.46. The summed E-state index contributed by atoms with van der Waals surface area (Å²) in [5, 5.41) is 17.7. The van der Waals surface area contributed by atoms with E-state index in [1.165, 1.54) is 0 Å². The Balaban J connectivity index is 1.40. The predicted octanol–water partition coefficient (Wildman–Crippen LogP) is 4.75. The number of Topliss-reactive ketones (excluding diaryl/α,β-unsaturated/α-hetero) is 1. The van der Waals surface area contributed by atoms with Crippen molar-refractivity contribution < 1.29 is 24.2 Å². The van der Waals surface area contributed by atoms with Crippen LogP contribution in [-0.2, 0) is 21.5 Å². The fraction of sp³-hybridized carbons (Fsp3) is 0.548. The molecule has 1 saturated carbocycles. The molecule has 1 saturated heterocycles. The average molecular weight is 549 g/mol. The van der Waals surface area contributed by atoms with Crippen molar-refractivity contribution in [1.82, 2.24) is 9.88 Å². The summed E-state index contributed by atoms with van der Waals surface area (Å²) in [5.74, 6) is 0.727. The molecule has 2 aliphatic heterocycles. The van der Waals surface area contributed by atoms with Crippen LogP contribution in [0.5, 0.6) is 5.75 Å². The normalized spacial score (nSPS) is 17.2. The Morgan fingerprint density at radius 1 is 1.15 bits per heavy atom. The summed E-state index contributed by atoms with van der Waals surface area (Å²) in [7, 11) is 0. The molecule has 9 nitrogen and oxygen atoms in total. The largest absolute Gasteiger partial charge is 0.491 e. The van der Waals surface area contributed by atoms with Gasteiger partial charge in [0, 0.05) is 54.4 Å². The monoisotopic (exact) mass is 548 g/mol. The molecule has 0 atom stereocenters. The number of carbonyl (C=O) groups excluding carboxylic acids is 1. The number of aromatic nitrogens is 1. The Morgan fingerprint density at radius 3 is 2.58 bits per heavy atom. The number of carboxylic acid groups (broad SMARTS) is 1. The number of rotatable bonds is 11. The number of nitrogens with one attached hydrogen (secondary N) is 1. The molecule has 3 heterocycles.